The van der Waals surface area contributed by atoms with Gasteiger partial charge in [-0.3, -0.25) is 0 Å². The standard InChI is InChI=1S/C14H17NO2S/c1-10(15)14(12-6-7-18-9-12)17-13-4-2-11(8-16)3-5-13/h2-7,9-10,14,16H,8,15H2,1H3. The second kappa shape index (κ2) is 6.00. The zero-order valence-corrected chi connectivity index (χ0v) is 11.1. The van der Waals surface area contributed by atoms with Crippen molar-refractivity contribution in [2.24, 2.45) is 5.73 Å². The predicted octanol–water partition coefficient (Wildman–Crippen LogP) is 2.71. The van der Waals surface area contributed by atoms with E-state index in [9.17, 15) is 0 Å². The first-order valence-corrected chi connectivity index (χ1v) is 6.79. The van der Waals surface area contributed by atoms with Gasteiger partial charge in [0.2, 0.25) is 0 Å². The fourth-order valence-electron chi connectivity index (χ4n) is 1.74. The Hall–Kier alpha value is -1.36. The van der Waals surface area contributed by atoms with Crippen LogP contribution in [0, 0.1) is 0 Å². The van der Waals surface area contributed by atoms with Crippen LogP contribution < -0.4 is 10.5 Å². The lowest BCUT2D eigenvalue weighted by molar-refractivity contribution is 0.181. The number of hydrogen-bond acceptors (Lipinski definition) is 4. The molecule has 4 heteroatoms. The van der Waals surface area contributed by atoms with Crippen molar-refractivity contribution in [3.05, 3.63) is 52.2 Å². The van der Waals surface area contributed by atoms with Crippen molar-refractivity contribution in [1.82, 2.24) is 0 Å². The summed E-state index contributed by atoms with van der Waals surface area (Å²) in [5.41, 5.74) is 7.94. The Labute approximate surface area is 111 Å². The molecule has 1 aromatic carbocycles. The summed E-state index contributed by atoms with van der Waals surface area (Å²) in [6.45, 7) is 1.98. The average molecular weight is 263 g/mol. The van der Waals surface area contributed by atoms with Crippen LogP contribution in [-0.2, 0) is 6.61 Å². The minimum absolute atomic E-state index is 0.0432. The van der Waals surface area contributed by atoms with Crippen LogP contribution in [0.1, 0.15) is 24.2 Å². The summed E-state index contributed by atoms with van der Waals surface area (Å²) < 4.78 is 5.92. The Balaban J connectivity index is 2.13. The highest BCUT2D eigenvalue weighted by Gasteiger charge is 2.18. The molecule has 0 amide bonds. The number of benzene rings is 1. The fraction of sp³-hybridized carbons (Fsp3) is 0.286. The summed E-state index contributed by atoms with van der Waals surface area (Å²) in [6.07, 6.45) is -0.142. The third kappa shape index (κ3) is 3.10. The number of hydrogen-bond donors (Lipinski definition) is 2. The van der Waals surface area contributed by atoms with Crippen molar-refractivity contribution < 1.29 is 9.84 Å². The van der Waals surface area contributed by atoms with E-state index >= 15 is 0 Å². The summed E-state index contributed by atoms with van der Waals surface area (Å²) in [6, 6.07) is 9.35. The van der Waals surface area contributed by atoms with Gasteiger partial charge in [0.1, 0.15) is 11.9 Å². The monoisotopic (exact) mass is 263 g/mol. The number of nitrogens with two attached hydrogens (primary N) is 1. The fourth-order valence-corrected chi connectivity index (χ4v) is 2.42. The molecule has 1 heterocycles. The number of aliphatic hydroxyl groups is 1. The van der Waals surface area contributed by atoms with Gasteiger partial charge in [0.05, 0.1) is 6.61 Å². The highest BCUT2D eigenvalue weighted by Crippen LogP contribution is 2.26. The Kier molecular flexibility index (Phi) is 4.36. The van der Waals surface area contributed by atoms with Gasteiger partial charge < -0.3 is 15.6 Å². The lowest BCUT2D eigenvalue weighted by Crippen LogP contribution is -2.28. The molecular formula is C14H17NO2S. The van der Waals surface area contributed by atoms with E-state index in [1.807, 2.05) is 42.6 Å². The third-order valence-electron chi connectivity index (χ3n) is 2.72. The predicted molar refractivity (Wildman–Crippen MR) is 73.7 cm³/mol. The molecule has 0 saturated carbocycles. The maximum atomic E-state index is 8.99. The van der Waals surface area contributed by atoms with Crippen molar-refractivity contribution in [1.29, 1.82) is 0 Å². The molecule has 2 aromatic rings. The molecule has 0 spiro atoms. The summed E-state index contributed by atoms with van der Waals surface area (Å²) in [4.78, 5) is 0. The Morgan fingerprint density at radius 2 is 2.00 bits per heavy atom. The maximum absolute atomic E-state index is 8.99. The van der Waals surface area contributed by atoms with E-state index in [0.717, 1.165) is 16.9 Å². The molecule has 0 aliphatic rings. The van der Waals surface area contributed by atoms with Crippen molar-refractivity contribution >= 4 is 11.3 Å². The van der Waals surface area contributed by atoms with Crippen LogP contribution in [0.5, 0.6) is 5.75 Å². The molecule has 1 aromatic heterocycles. The Bertz CT molecular complexity index is 465. The lowest BCUT2D eigenvalue weighted by atomic mass is 10.1. The van der Waals surface area contributed by atoms with Gasteiger partial charge >= 0.3 is 0 Å². The lowest BCUT2D eigenvalue weighted by Gasteiger charge is -2.21. The van der Waals surface area contributed by atoms with Crippen LogP contribution in [0.4, 0.5) is 0 Å². The van der Waals surface area contributed by atoms with E-state index in [0.29, 0.717) is 0 Å². The van der Waals surface area contributed by atoms with E-state index in [4.69, 9.17) is 15.6 Å². The molecule has 3 N–H and O–H groups in total. The largest absolute Gasteiger partial charge is 0.484 e. The van der Waals surface area contributed by atoms with Gasteiger partial charge in [-0.1, -0.05) is 12.1 Å². The van der Waals surface area contributed by atoms with Crippen LogP contribution in [0.15, 0.2) is 41.1 Å². The molecule has 0 radical (unpaired) electrons. The van der Waals surface area contributed by atoms with Crippen LogP contribution in [0.25, 0.3) is 0 Å². The minimum Gasteiger partial charge on any atom is -0.484 e. The van der Waals surface area contributed by atoms with Gasteiger partial charge in [-0.25, -0.2) is 0 Å². The SMILES string of the molecule is CC(N)C(Oc1ccc(CO)cc1)c1ccsc1. The second-order valence-electron chi connectivity index (χ2n) is 4.26. The van der Waals surface area contributed by atoms with E-state index in [2.05, 4.69) is 5.38 Å². The Morgan fingerprint density at radius 3 is 2.50 bits per heavy atom. The van der Waals surface area contributed by atoms with Crippen LogP contribution in [-0.4, -0.2) is 11.1 Å². The number of rotatable bonds is 5. The zero-order valence-electron chi connectivity index (χ0n) is 10.2. The topological polar surface area (TPSA) is 55.5 Å². The second-order valence-corrected chi connectivity index (χ2v) is 5.04. The quantitative estimate of drug-likeness (QED) is 0.872. The van der Waals surface area contributed by atoms with E-state index in [-0.39, 0.29) is 18.8 Å². The molecule has 0 bridgehead atoms. The van der Waals surface area contributed by atoms with Crippen molar-refractivity contribution in [3.63, 3.8) is 0 Å². The van der Waals surface area contributed by atoms with Gasteiger partial charge in [0.25, 0.3) is 0 Å². The Morgan fingerprint density at radius 1 is 1.28 bits per heavy atom. The van der Waals surface area contributed by atoms with Crippen molar-refractivity contribution in [2.45, 2.75) is 25.7 Å². The molecule has 0 fully saturated rings. The van der Waals surface area contributed by atoms with E-state index in [1.54, 1.807) is 11.3 Å². The molecule has 2 unspecified atom stereocenters. The molecule has 2 rings (SSSR count). The summed E-state index contributed by atoms with van der Waals surface area (Å²) in [5, 5.41) is 13.1. The molecular weight excluding hydrogens is 246 g/mol. The minimum atomic E-state index is -0.142. The highest BCUT2D eigenvalue weighted by atomic mass is 32.1. The van der Waals surface area contributed by atoms with Crippen LogP contribution in [0.2, 0.25) is 0 Å². The first-order chi connectivity index (χ1) is 8.70. The van der Waals surface area contributed by atoms with E-state index in [1.165, 1.54) is 0 Å². The highest BCUT2D eigenvalue weighted by molar-refractivity contribution is 7.07. The molecule has 2 atom stereocenters. The molecule has 96 valence electrons. The van der Waals surface area contributed by atoms with Gasteiger partial charge in [0.15, 0.2) is 0 Å². The van der Waals surface area contributed by atoms with Crippen LogP contribution >= 0.6 is 11.3 Å². The van der Waals surface area contributed by atoms with Gasteiger partial charge in [0, 0.05) is 11.6 Å². The maximum Gasteiger partial charge on any atom is 0.139 e. The molecule has 0 aliphatic heterocycles. The third-order valence-corrected chi connectivity index (χ3v) is 3.42. The zero-order chi connectivity index (χ0) is 13.0. The van der Waals surface area contributed by atoms with Crippen molar-refractivity contribution in [3.8, 4) is 5.75 Å². The summed E-state index contributed by atoms with van der Waals surface area (Å²) in [7, 11) is 0. The first-order valence-electron chi connectivity index (χ1n) is 5.85. The van der Waals surface area contributed by atoms with Gasteiger partial charge in [-0.15, -0.1) is 0 Å². The van der Waals surface area contributed by atoms with Gasteiger partial charge in [-0.05, 0) is 41.4 Å². The summed E-state index contributed by atoms with van der Waals surface area (Å²) in [5.74, 6) is 0.765. The average Bonchev–Trinajstić information content (AvgIpc) is 2.90. The molecule has 18 heavy (non-hydrogen) atoms. The smallest absolute Gasteiger partial charge is 0.139 e. The van der Waals surface area contributed by atoms with E-state index < -0.39 is 0 Å². The number of thiophene rings is 1. The van der Waals surface area contributed by atoms with Gasteiger partial charge in [-0.2, -0.15) is 11.3 Å². The number of aliphatic hydroxyl groups excluding tert-OH is 1. The number of ether oxygens (including phenoxy) is 1. The molecule has 0 aliphatic carbocycles. The van der Waals surface area contributed by atoms with Crippen LogP contribution in [0.3, 0.4) is 0 Å². The molecule has 3 nitrogen and oxygen atoms in total. The summed E-state index contributed by atoms with van der Waals surface area (Å²) >= 11 is 1.63. The molecule has 0 saturated heterocycles. The normalized spacial score (nSPS) is 14.2. The van der Waals surface area contributed by atoms with Crippen molar-refractivity contribution in [2.75, 3.05) is 0 Å². The first kappa shape index (κ1) is 13.1.